The maximum atomic E-state index is 3.59. The van der Waals surface area contributed by atoms with Gasteiger partial charge in [-0.1, -0.05) is 28.1 Å². The lowest BCUT2D eigenvalue weighted by molar-refractivity contribution is 0.305. The molecule has 100 valence electrons. The SMILES string of the molecule is CN(CCC1CSCCN1)Cc1ccc(Br)cc1. The van der Waals surface area contributed by atoms with Crippen molar-refractivity contribution in [3.8, 4) is 0 Å². The molecule has 1 heterocycles. The molecule has 2 nitrogen and oxygen atoms in total. The maximum absolute atomic E-state index is 3.59. The summed E-state index contributed by atoms with van der Waals surface area (Å²) in [6, 6.07) is 9.31. The summed E-state index contributed by atoms with van der Waals surface area (Å²) in [5, 5.41) is 3.59. The van der Waals surface area contributed by atoms with E-state index in [1.165, 1.54) is 30.0 Å². The van der Waals surface area contributed by atoms with Crippen molar-refractivity contribution in [2.75, 3.05) is 31.6 Å². The first kappa shape index (κ1) is 14.4. The molecule has 0 aromatic heterocycles. The Morgan fingerprint density at radius 3 is 2.83 bits per heavy atom. The van der Waals surface area contributed by atoms with Gasteiger partial charge in [-0.25, -0.2) is 0 Å². The van der Waals surface area contributed by atoms with Gasteiger partial charge < -0.3 is 10.2 Å². The molecule has 4 heteroatoms. The quantitative estimate of drug-likeness (QED) is 0.894. The number of thioether (sulfide) groups is 1. The van der Waals surface area contributed by atoms with Crippen molar-refractivity contribution in [3.05, 3.63) is 34.3 Å². The first-order chi connectivity index (χ1) is 8.74. The van der Waals surface area contributed by atoms with Crippen LogP contribution in [0.4, 0.5) is 0 Å². The van der Waals surface area contributed by atoms with Crippen molar-refractivity contribution < 1.29 is 0 Å². The largest absolute Gasteiger partial charge is 0.312 e. The van der Waals surface area contributed by atoms with E-state index >= 15 is 0 Å². The van der Waals surface area contributed by atoms with Crippen molar-refractivity contribution in [2.45, 2.75) is 19.0 Å². The van der Waals surface area contributed by atoms with Gasteiger partial charge in [-0.2, -0.15) is 11.8 Å². The zero-order valence-corrected chi connectivity index (χ0v) is 13.3. The normalized spacial score (nSPS) is 20.3. The molecule has 2 rings (SSSR count). The number of halogens is 1. The Hall–Kier alpha value is -0.0300. The van der Waals surface area contributed by atoms with Crippen LogP contribution in [0.5, 0.6) is 0 Å². The van der Waals surface area contributed by atoms with E-state index in [0.29, 0.717) is 6.04 Å². The molecule has 1 atom stereocenters. The summed E-state index contributed by atoms with van der Waals surface area (Å²) in [7, 11) is 2.21. The highest BCUT2D eigenvalue weighted by atomic mass is 79.9. The average molecular weight is 329 g/mol. The van der Waals surface area contributed by atoms with Crippen LogP contribution in [0, 0.1) is 0 Å². The Kier molecular flexibility index (Phi) is 6.02. The lowest BCUT2D eigenvalue weighted by Gasteiger charge is -2.25. The fourth-order valence-electron chi connectivity index (χ4n) is 2.16. The molecule has 1 aliphatic heterocycles. The lowest BCUT2D eigenvalue weighted by Crippen LogP contribution is -2.39. The Morgan fingerprint density at radius 2 is 2.17 bits per heavy atom. The second-order valence-electron chi connectivity index (χ2n) is 4.88. The molecular weight excluding hydrogens is 308 g/mol. The number of nitrogens with zero attached hydrogens (tertiary/aromatic N) is 1. The molecule has 18 heavy (non-hydrogen) atoms. The van der Waals surface area contributed by atoms with Crippen molar-refractivity contribution >= 4 is 27.7 Å². The second kappa shape index (κ2) is 7.53. The van der Waals surface area contributed by atoms with E-state index in [4.69, 9.17) is 0 Å². The van der Waals surface area contributed by atoms with Gasteiger partial charge >= 0.3 is 0 Å². The standard InChI is InChI=1S/C14H21BrN2S/c1-17(8-6-14-11-18-9-7-16-14)10-12-2-4-13(15)5-3-12/h2-5,14,16H,6-11H2,1H3. The van der Waals surface area contributed by atoms with Gasteiger partial charge in [0.05, 0.1) is 0 Å². The highest BCUT2D eigenvalue weighted by Crippen LogP contribution is 2.13. The molecular formula is C14H21BrN2S. The number of hydrogen-bond acceptors (Lipinski definition) is 3. The van der Waals surface area contributed by atoms with Gasteiger partial charge in [0, 0.05) is 35.1 Å². The molecule has 0 spiro atoms. The lowest BCUT2D eigenvalue weighted by atomic mass is 10.2. The van der Waals surface area contributed by atoms with Crippen molar-refractivity contribution in [1.29, 1.82) is 0 Å². The Bertz CT molecular complexity index is 349. The molecule has 0 aliphatic carbocycles. The smallest absolute Gasteiger partial charge is 0.0230 e. The molecule has 1 aromatic carbocycles. The summed E-state index contributed by atoms with van der Waals surface area (Å²) in [6.07, 6.45) is 1.25. The molecule has 1 aromatic rings. The molecule has 1 N–H and O–H groups in total. The van der Waals surface area contributed by atoms with Gasteiger partial charge in [0.25, 0.3) is 0 Å². The van der Waals surface area contributed by atoms with Crippen LogP contribution in [0.1, 0.15) is 12.0 Å². The third kappa shape index (κ3) is 4.92. The molecule has 1 fully saturated rings. The average Bonchev–Trinajstić information content (AvgIpc) is 2.40. The van der Waals surface area contributed by atoms with Crippen molar-refractivity contribution in [3.63, 3.8) is 0 Å². The van der Waals surface area contributed by atoms with Crippen LogP contribution in [-0.2, 0) is 6.54 Å². The number of hydrogen-bond donors (Lipinski definition) is 1. The molecule has 0 bridgehead atoms. The summed E-state index contributed by atoms with van der Waals surface area (Å²) < 4.78 is 1.15. The van der Waals surface area contributed by atoms with Crippen molar-refractivity contribution in [1.82, 2.24) is 10.2 Å². The van der Waals surface area contributed by atoms with Gasteiger partial charge in [-0.15, -0.1) is 0 Å². The van der Waals surface area contributed by atoms with E-state index in [2.05, 4.69) is 69.2 Å². The fourth-order valence-corrected chi connectivity index (χ4v) is 3.42. The van der Waals surface area contributed by atoms with Gasteiger partial charge in [0.1, 0.15) is 0 Å². The summed E-state index contributed by atoms with van der Waals surface area (Å²) in [6.45, 7) is 3.37. The minimum Gasteiger partial charge on any atom is -0.312 e. The van der Waals surface area contributed by atoms with Gasteiger partial charge in [-0.3, -0.25) is 0 Å². The Morgan fingerprint density at radius 1 is 1.39 bits per heavy atom. The number of nitrogens with one attached hydrogen (secondary N) is 1. The van der Waals surface area contributed by atoms with Crippen LogP contribution >= 0.6 is 27.7 Å². The van der Waals surface area contributed by atoms with Crippen LogP contribution in [0.3, 0.4) is 0 Å². The number of rotatable bonds is 5. The first-order valence-electron chi connectivity index (χ1n) is 6.48. The van der Waals surface area contributed by atoms with E-state index < -0.39 is 0 Å². The van der Waals surface area contributed by atoms with Crippen molar-refractivity contribution in [2.24, 2.45) is 0 Å². The van der Waals surface area contributed by atoms with Gasteiger partial charge in [0.15, 0.2) is 0 Å². The highest BCUT2D eigenvalue weighted by Gasteiger charge is 2.13. The van der Waals surface area contributed by atoms with E-state index in [1.54, 1.807) is 0 Å². The Balaban J connectivity index is 1.71. The van der Waals surface area contributed by atoms with Crippen LogP contribution < -0.4 is 5.32 Å². The predicted molar refractivity (Wildman–Crippen MR) is 84.2 cm³/mol. The first-order valence-corrected chi connectivity index (χ1v) is 8.43. The second-order valence-corrected chi connectivity index (χ2v) is 6.94. The summed E-state index contributed by atoms with van der Waals surface area (Å²) >= 11 is 5.54. The minimum absolute atomic E-state index is 0.705. The molecule has 1 unspecified atom stereocenters. The fraction of sp³-hybridized carbons (Fsp3) is 0.571. The molecule has 0 saturated carbocycles. The predicted octanol–water partition coefficient (Wildman–Crippen LogP) is 2.98. The molecule has 0 amide bonds. The van der Waals surface area contributed by atoms with Gasteiger partial charge in [0.2, 0.25) is 0 Å². The van der Waals surface area contributed by atoms with E-state index in [-0.39, 0.29) is 0 Å². The van der Waals surface area contributed by atoms with Crippen LogP contribution in [0.2, 0.25) is 0 Å². The number of benzene rings is 1. The van der Waals surface area contributed by atoms with E-state index in [9.17, 15) is 0 Å². The third-order valence-electron chi connectivity index (χ3n) is 3.22. The third-order valence-corrected chi connectivity index (χ3v) is 4.88. The summed E-state index contributed by atoms with van der Waals surface area (Å²) in [4.78, 5) is 2.41. The van der Waals surface area contributed by atoms with Crippen LogP contribution in [0.25, 0.3) is 0 Å². The minimum atomic E-state index is 0.705. The zero-order valence-electron chi connectivity index (χ0n) is 10.9. The topological polar surface area (TPSA) is 15.3 Å². The zero-order chi connectivity index (χ0) is 12.8. The van der Waals surface area contributed by atoms with E-state index in [0.717, 1.165) is 17.6 Å². The van der Waals surface area contributed by atoms with Gasteiger partial charge in [-0.05, 0) is 37.7 Å². The van der Waals surface area contributed by atoms with E-state index in [1.807, 2.05) is 0 Å². The van der Waals surface area contributed by atoms with Crippen LogP contribution in [0.15, 0.2) is 28.7 Å². The molecule has 1 saturated heterocycles. The highest BCUT2D eigenvalue weighted by molar-refractivity contribution is 9.10. The van der Waals surface area contributed by atoms with Crippen LogP contribution in [-0.4, -0.2) is 42.6 Å². The summed E-state index contributed by atoms with van der Waals surface area (Å²) in [5.41, 5.74) is 1.38. The molecule has 1 aliphatic rings. The maximum Gasteiger partial charge on any atom is 0.0230 e. The summed E-state index contributed by atoms with van der Waals surface area (Å²) in [5.74, 6) is 2.54. The molecule has 0 radical (unpaired) electrons. The Labute approximate surface area is 123 Å². The monoisotopic (exact) mass is 328 g/mol.